The molecule has 0 N–H and O–H groups in total. The van der Waals surface area contributed by atoms with E-state index in [9.17, 15) is 0 Å². The van der Waals surface area contributed by atoms with Gasteiger partial charge in [0.15, 0.2) is 6.73 Å². The Hall–Kier alpha value is -2.69. The van der Waals surface area contributed by atoms with E-state index in [2.05, 4.69) is 51.3 Å². The Morgan fingerprint density at radius 3 is 1.87 bits per heavy atom. The Bertz CT molecular complexity index is 690. The summed E-state index contributed by atoms with van der Waals surface area (Å²) in [7, 11) is 8.11. The van der Waals surface area contributed by atoms with Crippen molar-refractivity contribution in [3.8, 4) is 0 Å². The second-order valence-electron chi connectivity index (χ2n) is 5.93. The van der Waals surface area contributed by atoms with Crippen molar-refractivity contribution in [3.05, 3.63) is 54.1 Å². The summed E-state index contributed by atoms with van der Waals surface area (Å²) in [6.45, 7) is 0.437. The van der Waals surface area contributed by atoms with Crippen LogP contribution in [-0.4, -0.2) is 40.8 Å². The number of hydrogen-bond donors (Lipinski definition) is 0. The minimum atomic E-state index is 0.437. The number of hydrogen-bond acceptors (Lipinski definition) is 5. The SMILES string of the molecule is CN(C)c1ccc(C2=NN(c3ccc(N(C)C)cc3)CO2)cc1. The first-order valence-corrected chi connectivity index (χ1v) is 7.59. The highest BCUT2D eigenvalue weighted by atomic mass is 16.5. The quantitative estimate of drug-likeness (QED) is 0.869. The molecule has 5 heteroatoms. The van der Waals surface area contributed by atoms with Crippen LogP contribution in [0.5, 0.6) is 0 Å². The van der Waals surface area contributed by atoms with Crippen LogP contribution in [0.2, 0.25) is 0 Å². The summed E-state index contributed by atoms with van der Waals surface area (Å²) < 4.78 is 5.74. The highest BCUT2D eigenvalue weighted by Crippen LogP contribution is 2.23. The molecule has 0 aromatic heterocycles. The molecule has 0 unspecified atom stereocenters. The maximum atomic E-state index is 5.74. The Kier molecular flexibility index (Phi) is 4.10. The molecule has 2 aromatic rings. The first-order chi connectivity index (χ1) is 11.0. The molecule has 1 aliphatic rings. The predicted molar refractivity (Wildman–Crippen MR) is 96.5 cm³/mol. The topological polar surface area (TPSA) is 31.3 Å². The largest absolute Gasteiger partial charge is 0.453 e. The van der Waals surface area contributed by atoms with Crippen molar-refractivity contribution in [1.29, 1.82) is 0 Å². The maximum absolute atomic E-state index is 5.74. The summed E-state index contributed by atoms with van der Waals surface area (Å²) in [5.41, 5.74) is 4.33. The average Bonchev–Trinajstić information content (AvgIpc) is 3.05. The third kappa shape index (κ3) is 3.23. The third-order valence-corrected chi connectivity index (χ3v) is 3.83. The van der Waals surface area contributed by atoms with E-state index in [4.69, 9.17) is 4.74 Å². The Morgan fingerprint density at radius 2 is 1.35 bits per heavy atom. The average molecular weight is 310 g/mol. The minimum absolute atomic E-state index is 0.437. The first kappa shape index (κ1) is 15.2. The van der Waals surface area contributed by atoms with E-state index in [-0.39, 0.29) is 0 Å². The van der Waals surface area contributed by atoms with E-state index < -0.39 is 0 Å². The third-order valence-electron chi connectivity index (χ3n) is 3.83. The molecule has 3 rings (SSSR count). The summed E-state index contributed by atoms with van der Waals surface area (Å²) in [5.74, 6) is 0.659. The van der Waals surface area contributed by atoms with Crippen LogP contribution >= 0.6 is 0 Å². The van der Waals surface area contributed by atoms with Crippen LogP contribution in [0.25, 0.3) is 0 Å². The summed E-state index contributed by atoms with van der Waals surface area (Å²) in [4.78, 5) is 4.14. The van der Waals surface area contributed by atoms with Crippen LogP contribution in [-0.2, 0) is 4.74 Å². The van der Waals surface area contributed by atoms with Crippen LogP contribution in [0.3, 0.4) is 0 Å². The van der Waals surface area contributed by atoms with Crippen molar-refractivity contribution >= 4 is 23.0 Å². The molecule has 1 aliphatic heterocycles. The van der Waals surface area contributed by atoms with Crippen molar-refractivity contribution < 1.29 is 4.74 Å². The van der Waals surface area contributed by atoms with Gasteiger partial charge in [0.25, 0.3) is 0 Å². The lowest BCUT2D eigenvalue weighted by molar-refractivity contribution is 0.338. The normalized spacial score (nSPS) is 13.6. The summed E-state index contributed by atoms with van der Waals surface area (Å²) in [6.07, 6.45) is 0. The standard InChI is InChI=1S/C18H22N4O/c1-20(2)15-7-5-14(6-8-15)18-19-22(13-23-18)17-11-9-16(10-12-17)21(3)4/h5-12H,13H2,1-4H3. The lowest BCUT2D eigenvalue weighted by Gasteiger charge is -2.15. The Morgan fingerprint density at radius 1 is 0.826 bits per heavy atom. The minimum Gasteiger partial charge on any atom is -0.453 e. The molecular formula is C18H22N4O. The van der Waals surface area contributed by atoms with Crippen LogP contribution < -0.4 is 14.8 Å². The molecule has 0 atom stereocenters. The number of nitrogens with zero attached hydrogens (tertiary/aromatic N) is 4. The molecule has 0 amide bonds. The molecule has 0 saturated heterocycles. The zero-order chi connectivity index (χ0) is 16.4. The van der Waals surface area contributed by atoms with Crippen LogP contribution in [0.1, 0.15) is 5.56 Å². The Balaban J connectivity index is 1.77. The molecule has 0 fully saturated rings. The number of hydrazone groups is 1. The second kappa shape index (κ2) is 6.20. The van der Waals surface area contributed by atoms with E-state index in [1.807, 2.05) is 45.3 Å². The lowest BCUT2D eigenvalue weighted by Crippen LogP contribution is -2.13. The monoisotopic (exact) mass is 310 g/mol. The number of anilines is 3. The first-order valence-electron chi connectivity index (χ1n) is 7.59. The van der Waals surface area contributed by atoms with E-state index in [1.165, 1.54) is 0 Å². The fraction of sp³-hybridized carbons (Fsp3) is 0.278. The number of rotatable bonds is 4. The van der Waals surface area contributed by atoms with Gasteiger partial charge in [-0.25, -0.2) is 5.01 Å². The van der Waals surface area contributed by atoms with Crippen LogP contribution in [0, 0.1) is 0 Å². The number of ether oxygens (including phenoxy) is 1. The van der Waals surface area contributed by atoms with E-state index >= 15 is 0 Å². The molecule has 120 valence electrons. The molecule has 0 aliphatic carbocycles. The highest BCUT2D eigenvalue weighted by molar-refractivity contribution is 5.96. The maximum Gasteiger partial charge on any atom is 0.240 e. The highest BCUT2D eigenvalue weighted by Gasteiger charge is 2.18. The van der Waals surface area contributed by atoms with Gasteiger partial charge in [-0.3, -0.25) is 0 Å². The van der Waals surface area contributed by atoms with Crippen LogP contribution in [0.4, 0.5) is 17.1 Å². The fourth-order valence-electron chi connectivity index (χ4n) is 2.39. The van der Waals surface area contributed by atoms with Crippen molar-refractivity contribution in [1.82, 2.24) is 0 Å². The van der Waals surface area contributed by atoms with Gasteiger partial charge in [0.2, 0.25) is 5.90 Å². The van der Waals surface area contributed by atoms with Gasteiger partial charge in [0.1, 0.15) is 0 Å². The fourth-order valence-corrected chi connectivity index (χ4v) is 2.39. The summed E-state index contributed by atoms with van der Waals surface area (Å²) >= 11 is 0. The predicted octanol–water partition coefficient (Wildman–Crippen LogP) is 2.97. The smallest absolute Gasteiger partial charge is 0.240 e. The second-order valence-corrected chi connectivity index (χ2v) is 5.93. The van der Waals surface area contributed by atoms with Gasteiger partial charge >= 0.3 is 0 Å². The molecule has 0 spiro atoms. The molecule has 1 heterocycles. The van der Waals surface area contributed by atoms with Crippen molar-refractivity contribution in [2.24, 2.45) is 5.10 Å². The Labute approximate surface area is 137 Å². The van der Waals surface area contributed by atoms with E-state index in [0.29, 0.717) is 12.6 Å². The van der Waals surface area contributed by atoms with Gasteiger partial charge in [-0.15, -0.1) is 5.10 Å². The lowest BCUT2D eigenvalue weighted by atomic mass is 10.2. The van der Waals surface area contributed by atoms with Crippen LogP contribution in [0.15, 0.2) is 53.6 Å². The number of benzene rings is 2. The molecule has 2 aromatic carbocycles. The van der Waals surface area contributed by atoms with Crippen molar-refractivity contribution in [2.45, 2.75) is 0 Å². The molecule has 0 saturated carbocycles. The zero-order valence-electron chi connectivity index (χ0n) is 14.0. The van der Waals surface area contributed by atoms with Gasteiger partial charge < -0.3 is 14.5 Å². The van der Waals surface area contributed by atoms with E-state index in [0.717, 1.165) is 22.6 Å². The summed E-state index contributed by atoms with van der Waals surface area (Å²) in [6, 6.07) is 16.5. The molecule has 0 radical (unpaired) electrons. The van der Waals surface area contributed by atoms with Gasteiger partial charge in [0, 0.05) is 45.1 Å². The zero-order valence-corrected chi connectivity index (χ0v) is 14.0. The van der Waals surface area contributed by atoms with Gasteiger partial charge in [-0.05, 0) is 48.5 Å². The molecule has 23 heavy (non-hydrogen) atoms. The van der Waals surface area contributed by atoms with Crippen molar-refractivity contribution in [3.63, 3.8) is 0 Å². The molecular weight excluding hydrogens is 288 g/mol. The summed E-state index contributed by atoms with van der Waals surface area (Å²) in [5, 5.41) is 6.45. The van der Waals surface area contributed by atoms with E-state index in [1.54, 1.807) is 0 Å². The molecule has 0 bridgehead atoms. The van der Waals surface area contributed by atoms with Gasteiger partial charge in [0.05, 0.1) is 5.69 Å². The van der Waals surface area contributed by atoms with Crippen molar-refractivity contribution in [2.75, 3.05) is 49.7 Å². The molecule has 5 nitrogen and oxygen atoms in total. The van der Waals surface area contributed by atoms with Gasteiger partial charge in [-0.1, -0.05) is 0 Å². The van der Waals surface area contributed by atoms with Gasteiger partial charge in [-0.2, -0.15) is 0 Å².